The Morgan fingerprint density at radius 1 is 0.833 bits per heavy atom. The number of halogens is 1. The number of ketones is 3. The average Bonchev–Trinajstić information content (AvgIpc) is 3.46. The minimum Gasteiger partial charge on any atom is -0.497 e. The molecule has 0 bridgehead atoms. The molecule has 1 aliphatic carbocycles. The summed E-state index contributed by atoms with van der Waals surface area (Å²) in [6.07, 6.45) is 3.77. The number of carbonyl (C=O) groups excluding carboxylic acids is 3. The third-order valence-corrected chi connectivity index (χ3v) is 9.10. The SMILES string of the molecule is COc1ccc([C@H]2[C@H](C(=O)c3ccccc3)N3c4ccc(Cl)cc4C=C[C@@H]3C23C(=O)c2ccccc2C3=O)c(OC)c1. The molecule has 4 aromatic carbocycles. The van der Waals surface area contributed by atoms with Crippen molar-refractivity contribution in [3.8, 4) is 11.5 Å². The molecule has 3 atom stereocenters. The minimum absolute atomic E-state index is 0.201. The molecule has 1 fully saturated rings. The first kappa shape index (κ1) is 26.2. The van der Waals surface area contributed by atoms with Crippen LogP contribution in [0.2, 0.25) is 5.02 Å². The number of rotatable bonds is 5. The number of hydrogen-bond acceptors (Lipinski definition) is 6. The lowest BCUT2D eigenvalue weighted by Gasteiger charge is -2.37. The first-order valence-corrected chi connectivity index (χ1v) is 14.1. The van der Waals surface area contributed by atoms with Gasteiger partial charge in [-0.15, -0.1) is 0 Å². The van der Waals surface area contributed by atoms with E-state index in [2.05, 4.69) is 0 Å². The van der Waals surface area contributed by atoms with E-state index in [0.717, 1.165) is 11.3 Å². The maximum atomic E-state index is 14.8. The molecule has 2 heterocycles. The van der Waals surface area contributed by atoms with E-state index in [1.807, 2.05) is 53.5 Å². The molecule has 6 nitrogen and oxygen atoms in total. The van der Waals surface area contributed by atoms with Crippen LogP contribution >= 0.6 is 11.6 Å². The van der Waals surface area contributed by atoms with Gasteiger partial charge in [0.1, 0.15) is 23.0 Å². The molecule has 7 heteroatoms. The van der Waals surface area contributed by atoms with E-state index >= 15 is 0 Å². The Morgan fingerprint density at radius 2 is 1.52 bits per heavy atom. The normalized spacial score (nSPS) is 21.2. The Balaban J connectivity index is 1.57. The zero-order valence-electron chi connectivity index (χ0n) is 22.9. The monoisotopic (exact) mass is 575 g/mol. The number of benzene rings is 4. The molecular formula is C35H26ClNO5. The van der Waals surface area contributed by atoms with Crippen LogP contribution in [0.15, 0.2) is 97.1 Å². The quantitative estimate of drug-likeness (QED) is 0.195. The number of hydrogen-bond donors (Lipinski definition) is 0. The van der Waals surface area contributed by atoms with Crippen LogP contribution in [0.3, 0.4) is 0 Å². The molecular weight excluding hydrogens is 550 g/mol. The van der Waals surface area contributed by atoms with Gasteiger partial charge >= 0.3 is 0 Å². The van der Waals surface area contributed by atoms with Crippen LogP contribution in [0.25, 0.3) is 6.08 Å². The molecule has 2 aliphatic heterocycles. The third-order valence-electron chi connectivity index (χ3n) is 8.87. The highest BCUT2D eigenvalue weighted by molar-refractivity contribution is 6.33. The summed E-state index contributed by atoms with van der Waals surface area (Å²) >= 11 is 6.38. The zero-order chi connectivity index (χ0) is 29.2. The number of ether oxygens (including phenoxy) is 2. The highest BCUT2D eigenvalue weighted by Crippen LogP contribution is 2.62. The molecule has 1 saturated heterocycles. The van der Waals surface area contributed by atoms with Gasteiger partial charge in [-0.3, -0.25) is 14.4 Å². The highest BCUT2D eigenvalue weighted by Gasteiger charge is 2.72. The van der Waals surface area contributed by atoms with Gasteiger partial charge in [0.25, 0.3) is 0 Å². The fourth-order valence-corrected chi connectivity index (χ4v) is 7.32. The predicted molar refractivity (Wildman–Crippen MR) is 161 cm³/mol. The summed E-state index contributed by atoms with van der Waals surface area (Å²) < 4.78 is 11.3. The molecule has 3 aliphatic rings. The zero-order valence-corrected chi connectivity index (χ0v) is 23.7. The van der Waals surface area contributed by atoms with E-state index in [1.165, 1.54) is 7.11 Å². The smallest absolute Gasteiger partial charge is 0.185 e. The van der Waals surface area contributed by atoms with Gasteiger partial charge in [-0.25, -0.2) is 0 Å². The van der Waals surface area contributed by atoms with Crippen LogP contribution in [-0.2, 0) is 0 Å². The van der Waals surface area contributed by atoms with E-state index in [1.54, 1.807) is 61.7 Å². The average molecular weight is 576 g/mol. The Morgan fingerprint density at radius 3 is 2.19 bits per heavy atom. The van der Waals surface area contributed by atoms with E-state index in [0.29, 0.717) is 38.8 Å². The Kier molecular flexibility index (Phi) is 6.06. The maximum absolute atomic E-state index is 14.8. The second kappa shape index (κ2) is 9.71. The van der Waals surface area contributed by atoms with E-state index in [-0.39, 0.29) is 17.3 Å². The topological polar surface area (TPSA) is 72.9 Å². The molecule has 42 heavy (non-hydrogen) atoms. The van der Waals surface area contributed by atoms with Crippen LogP contribution in [0.4, 0.5) is 5.69 Å². The van der Waals surface area contributed by atoms with Crippen molar-refractivity contribution in [1.82, 2.24) is 0 Å². The second-order valence-corrected chi connectivity index (χ2v) is 11.2. The fraction of sp³-hybridized carbons (Fsp3) is 0.171. The van der Waals surface area contributed by atoms with Gasteiger partial charge < -0.3 is 14.4 Å². The molecule has 4 aromatic rings. The van der Waals surface area contributed by atoms with Crippen molar-refractivity contribution in [1.29, 1.82) is 0 Å². The van der Waals surface area contributed by atoms with Crippen LogP contribution in [0.1, 0.15) is 48.1 Å². The van der Waals surface area contributed by atoms with Gasteiger partial charge in [0.2, 0.25) is 0 Å². The largest absolute Gasteiger partial charge is 0.497 e. The van der Waals surface area contributed by atoms with Crippen molar-refractivity contribution in [2.24, 2.45) is 5.41 Å². The van der Waals surface area contributed by atoms with Crippen LogP contribution in [0.5, 0.6) is 11.5 Å². The lowest BCUT2D eigenvalue weighted by atomic mass is 9.64. The fourth-order valence-electron chi connectivity index (χ4n) is 7.14. The van der Waals surface area contributed by atoms with Gasteiger partial charge in [-0.05, 0) is 29.8 Å². The van der Waals surface area contributed by atoms with E-state index < -0.39 is 23.4 Å². The summed E-state index contributed by atoms with van der Waals surface area (Å²) in [4.78, 5) is 46.3. The van der Waals surface area contributed by atoms with Crippen molar-refractivity contribution < 1.29 is 23.9 Å². The summed E-state index contributed by atoms with van der Waals surface area (Å²) in [6, 6.07) is 25.0. The number of fused-ring (bicyclic) bond motifs is 5. The van der Waals surface area contributed by atoms with Gasteiger partial charge in [0, 0.05) is 44.9 Å². The van der Waals surface area contributed by atoms with Crippen molar-refractivity contribution in [2.45, 2.75) is 18.0 Å². The summed E-state index contributed by atoms with van der Waals surface area (Å²) in [5.41, 5.74) is 1.70. The minimum atomic E-state index is -1.63. The van der Waals surface area contributed by atoms with Crippen molar-refractivity contribution in [3.05, 3.63) is 130 Å². The molecule has 0 unspecified atom stereocenters. The van der Waals surface area contributed by atoms with E-state index in [4.69, 9.17) is 21.1 Å². The first-order valence-electron chi connectivity index (χ1n) is 13.7. The number of methoxy groups -OCH3 is 2. The standard InChI is InChI=1S/C35H26ClNO5/c1-41-23-14-15-26(28(19-23)42-2)30-31(32(38)20-8-4-3-5-9-20)37-27-16-13-22(36)18-21(27)12-17-29(37)35(30)33(39)24-10-6-7-11-25(24)34(35)40/h3-19,29-31H,1-2H3/t29-,30+,31-/m1/s1. The molecule has 1 spiro atoms. The highest BCUT2D eigenvalue weighted by atomic mass is 35.5. The number of anilines is 1. The lowest BCUT2D eigenvalue weighted by molar-refractivity contribution is 0.0665. The second-order valence-electron chi connectivity index (χ2n) is 10.7. The van der Waals surface area contributed by atoms with Gasteiger partial charge in [-0.2, -0.15) is 0 Å². The van der Waals surface area contributed by atoms with Crippen LogP contribution < -0.4 is 14.4 Å². The van der Waals surface area contributed by atoms with E-state index in [9.17, 15) is 14.4 Å². The molecule has 208 valence electrons. The predicted octanol–water partition coefficient (Wildman–Crippen LogP) is 6.67. The summed E-state index contributed by atoms with van der Waals surface area (Å²) in [5, 5.41) is 0.547. The molecule has 0 amide bonds. The molecule has 0 N–H and O–H groups in total. The van der Waals surface area contributed by atoms with Crippen LogP contribution in [-0.4, -0.2) is 43.7 Å². The van der Waals surface area contributed by atoms with Gasteiger partial charge in [0.15, 0.2) is 17.3 Å². The first-order chi connectivity index (χ1) is 20.4. The molecule has 0 saturated carbocycles. The summed E-state index contributed by atoms with van der Waals surface area (Å²) in [7, 11) is 3.09. The van der Waals surface area contributed by atoms with Crippen molar-refractivity contribution in [3.63, 3.8) is 0 Å². The lowest BCUT2D eigenvalue weighted by Crippen LogP contribution is -2.48. The van der Waals surface area contributed by atoms with Crippen LogP contribution in [0, 0.1) is 5.41 Å². The Hall–Kier alpha value is -4.68. The Labute approximate surface area is 248 Å². The maximum Gasteiger partial charge on any atom is 0.185 e. The molecule has 7 rings (SSSR count). The number of nitrogens with zero attached hydrogens (tertiary/aromatic N) is 1. The third kappa shape index (κ3) is 3.48. The summed E-state index contributed by atoms with van der Waals surface area (Å²) in [5.74, 6) is -0.708. The number of Topliss-reactive ketones (excluding diaryl/α,β-unsaturated/α-hetero) is 3. The molecule has 0 aromatic heterocycles. The van der Waals surface area contributed by atoms with Gasteiger partial charge in [0.05, 0.1) is 20.3 Å². The summed E-state index contributed by atoms with van der Waals surface area (Å²) in [6.45, 7) is 0. The Bertz CT molecular complexity index is 1780. The molecule has 0 radical (unpaired) electrons. The van der Waals surface area contributed by atoms with Gasteiger partial charge in [-0.1, -0.05) is 84.4 Å². The van der Waals surface area contributed by atoms with Crippen molar-refractivity contribution in [2.75, 3.05) is 19.1 Å². The van der Waals surface area contributed by atoms with Crippen molar-refractivity contribution >= 4 is 40.7 Å². The number of carbonyl (C=O) groups is 3.